The van der Waals surface area contributed by atoms with Crippen LogP contribution in [0.5, 0.6) is 0 Å². The highest BCUT2D eigenvalue weighted by Gasteiger charge is 2.20. The molecule has 1 N–H and O–H groups in total. The van der Waals surface area contributed by atoms with E-state index in [9.17, 15) is 4.79 Å². The number of hydrogen-bond acceptors (Lipinski definition) is 5. The number of anilines is 1. The van der Waals surface area contributed by atoms with Crippen LogP contribution in [0.1, 0.15) is 82.7 Å². The minimum Gasteiger partial charge on any atom is -0.422 e. The fraction of sp³-hybridized carbons (Fsp3) is 0.500. The molecular weight excluding hydrogens is 464 g/mol. The number of nitrogens with zero attached hydrogens (tertiary/aromatic N) is 3. The zero-order chi connectivity index (χ0) is 26.5. The molecule has 0 spiro atoms. The molecule has 3 aromatic rings. The van der Waals surface area contributed by atoms with Crippen LogP contribution in [0.4, 0.5) is 10.5 Å². The van der Waals surface area contributed by atoms with E-state index in [1.807, 2.05) is 32.2 Å². The van der Waals surface area contributed by atoms with Gasteiger partial charge in [0.25, 0.3) is 0 Å². The maximum atomic E-state index is 12.6. The predicted octanol–water partition coefficient (Wildman–Crippen LogP) is 7.13. The maximum absolute atomic E-state index is 12.6. The smallest absolute Gasteiger partial charge is 0.321 e. The quantitative estimate of drug-likeness (QED) is 0.222. The van der Waals surface area contributed by atoms with Crippen molar-refractivity contribution in [3.05, 3.63) is 65.9 Å². The van der Waals surface area contributed by atoms with Gasteiger partial charge in [0.2, 0.25) is 11.8 Å². The molecule has 37 heavy (non-hydrogen) atoms. The third-order valence-corrected chi connectivity index (χ3v) is 6.39. The second-order valence-corrected chi connectivity index (χ2v) is 9.38. The van der Waals surface area contributed by atoms with Crippen molar-refractivity contribution in [3.8, 4) is 11.1 Å². The fourth-order valence-electron chi connectivity index (χ4n) is 4.23. The number of unbranched alkanes of at least 4 members (excludes halogenated alkanes) is 4. The van der Waals surface area contributed by atoms with E-state index in [1.54, 1.807) is 4.90 Å². The van der Waals surface area contributed by atoms with E-state index >= 15 is 0 Å². The topological polar surface area (TPSA) is 80.5 Å². The van der Waals surface area contributed by atoms with Crippen molar-refractivity contribution in [3.63, 3.8) is 0 Å². The number of carbonyl (C=O) groups excluding carboxylic acids is 1. The van der Waals surface area contributed by atoms with Gasteiger partial charge in [0.15, 0.2) is 0 Å². The van der Waals surface area contributed by atoms with Gasteiger partial charge in [-0.25, -0.2) is 4.79 Å². The Kier molecular flexibility index (Phi) is 11.6. The van der Waals surface area contributed by atoms with Crippen LogP contribution in [0.3, 0.4) is 0 Å². The Bertz CT molecular complexity index is 1080. The number of amides is 2. The molecule has 0 saturated carbocycles. The lowest BCUT2D eigenvalue weighted by Crippen LogP contribution is -2.37. The van der Waals surface area contributed by atoms with Gasteiger partial charge in [0, 0.05) is 38.7 Å². The number of carbonyl (C=O) groups is 1. The number of aryl methyl sites for hydroxylation is 1. The summed E-state index contributed by atoms with van der Waals surface area (Å²) in [5.74, 6) is 1.19. The highest BCUT2D eigenvalue weighted by atomic mass is 16.5. The maximum Gasteiger partial charge on any atom is 0.321 e. The molecule has 0 aliphatic carbocycles. The largest absolute Gasteiger partial charge is 0.422 e. The van der Waals surface area contributed by atoms with E-state index in [1.165, 1.54) is 19.3 Å². The molecule has 1 unspecified atom stereocenters. The highest BCUT2D eigenvalue weighted by Crippen LogP contribution is 2.27. The van der Waals surface area contributed by atoms with Gasteiger partial charge in [0.05, 0.1) is 0 Å². The zero-order valence-electron chi connectivity index (χ0n) is 22.8. The molecule has 1 heterocycles. The van der Waals surface area contributed by atoms with E-state index in [0.717, 1.165) is 48.1 Å². The first-order valence-electron chi connectivity index (χ1n) is 13.7. The van der Waals surface area contributed by atoms with Crippen molar-refractivity contribution in [1.29, 1.82) is 0 Å². The average Bonchev–Trinajstić information content (AvgIpc) is 3.39. The minimum atomic E-state index is -0.268. The Morgan fingerprint density at radius 1 is 0.973 bits per heavy atom. The van der Waals surface area contributed by atoms with Gasteiger partial charge in [-0.15, -0.1) is 10.2 Å². The first-order valence-corrected chi connectivity index (χ1v) is 13.7. The molecule has 7 nitrogen and oxygen atoms in total. The van der Waals surface area contributed by atoms with Gasteiger partial charge < -0.3 is 14.5 Å². The summed E-state index contributed by atoms with van der Waals surface area (Å²) in [6.07, 6.45) is 8.01. The fourth-order valence-corrected chi connectivity index (χ4v) is 4.23. The van der Waals surface area contributed by atoms with Crippen LogP contribution in [0, 0.1) is 0 Å². The lowest BCUT2D eigenvalue weighted by molar-refractivity contribution is 0.0422. The molecule has 0 aliphatic heterocycles. The molecule has 0 saturated heterocycles. The number of urea groups is 1. The first kappa shape index (κ1) is 28.4. The molecule has 0 radical (unpaired) electrons. The van der Waals surface area contributed by atoms with Gasteiger partial charge in [-0.1, -0.05) is 75.9 Å². The Labute approximate surface area is 221 Å². The van der Waals surface area contributed by atoms with E-state index in [2.05, 4.69) is 59.7 Å². The number of rotatable bonds is 15. The van der Waals surface area contributed by atoms with Crippen molar-refractivity contribution in [2.75, 3.05) is 25.1 Å². The molecular formula is C30H42N4O3. The van der Waals surface area contributed by atoms with Gasteiger partial charge in [-0.2, -0.15) is 0 Å². The van der Waals surface area contributed by atoms with Crippen LogP contribution in [0.2, 0.25) is 0 Å². The second kappa shape index (κ2) is 15.2. The molecule has 0 fully saturated rings. The van der Waals surface area contributed by atoms with E-state index < -0.39 is 0 Å². The lowest BCUT2D eigenvalue weighted by atomic mass is 10.0. The van der Waals surface area contributed by atoms with Crippen LogP contribution in [-0.4, -0.2) is 36.4 Å². The molecule has 0 aliphatic rings. The van der Waals surface area contributed by atoms with E-state index in [-0.39, 0.29) is 12.1 Å². The summed E-state index contributed by atoms with van der Waals surface area (Å²) < 4.78 is 11.7. The summed E-state index contributed by atoms with van der Waals surface area (Å²) in [6.45, 7) is 7.54. The van der Waals surface area contributed by atoms with Crippen LogP contribution in [-0.2, 0) is 17.6 Å². The monoisotopic (exact) mass is 506 g/mol. The molecule has 3 rings (SSSR count). The van der Waals surface area contributed by atoms with Crippen molar-refractivity contribution < 1.29 is 13.9 Å². The van der Waals surface area contributed by atoms with Gasteiger partial charge in [-0.3, -0.25) is 4.90 Å². The summed E-state index contributed by atoms with van der Waals surface area (Å²) >= 11 is 0. The second-order valence-electron chi connectivity index (χ2n) is 9.38. The molecule has 0 bridgehead atoms. The third kappa shape index (κ3) is 8.71. The zero-order valence-corrected chi connectivity index (χ0v) is 22.8. The van der Waals surface area contributed by atoms with E-state index in [4.69, 9.17) is 9.15 Å². The van der Waals surface area contributed by atoms with E-state index in [0.29, 0.717) is 31.4 Å². The van der Waals surface area contributed by atoms with Crippen molar-refractivity contribution in [1.82, 2.24) is 15.5 Å². The summed E-state index contributed by atoms with van der Waals surface area (Å²) in [7, 11) is 1.81. The van der Waals surface area contributed by atoms with Crippen LogP contribution in [0.15, 0.2) is 52.9 Å². The van der Waals surface area contributed by atoms with Crippen LogP contribution < -0.4 is 10.2 Å². The van der Waals surface area contributed by atoms with Crippen molar-refractivity contribution in [2.45, 2.75) is 78.2 Å². The lowest BCUT2D eigenvalue weighted by Gasteiger charge is -2.19. The molecule has 7 heteroatoms. The Morgan fingerprint density at radius 2 is 1.76 bits per heavy atom. The highest BCUT2D eigenvalue weighted by molar-refractivity contribution is 5.92. The Balaban J connectivity index is 1.61. The summed E-state index contributed by atoms with van der Waals surface area (Å²) in [6, 6.07) is 16.4. The van der Waals surface area contributed by atoms with Gasteiger partial charge in [0.1, 0.15) is 6.10 Å². The third-order valence-electron chi connectivity index (χ3n) is 6.39. The molecule has 1 aromatic heterocycles. The predicted molar refractivity (Wildman–Crippen MR) is 149 cm³/mol. The standard InChI is InChI=1S/C30H42N4O3/c1-5-8-9-10-11-20-31-30(35)34(4)26-15-12-14-25(22-26)24-18-16-23(17-19-24)21-27(36-7-3)29-33-32-28(37-29)13-6-2/h12,14-19,22,27H,5-11,13,20-21H2,1-4H3,(H,31,35). The summed E-state index contributed by atoms with van der Waals surface area (Å²) in [4.78, 5) is 14.3. The number of hydrogen-bond donors (Lipinski definition) is 1. The SMILES string of the molecule is CCCCCCCNC(=O)N(C)c1cccc(-c2ccc(CC(OCC)c3nnc(CCC)o3)cc2)c1. The first-order chi connectivity index (χ1) is 18.0. The van der Waals surface area contributed by atoms with Crippen molar-refractivity contribution in [2.24, 2.45) is 0 Å². The van der Waals surface area contributed by atoms with Crippen molar-refractivity contribution >= 4 is 11.7 Å². The molecule has 1 atom stereocenters. The Morgan fingerprint density at radius 3 is 2.49 bits per heavy atom. The number of benzene rings is 2. The minimum absolute atomic E-state index is 0.0759. The average molecular weight is 507 g/mol. The molecule has 2 amide bonds. The van der Waals surface area contributed by atoms with Gasteiger partial charge in [-0.05, 0) is 48.6 Å². The summed E-state index contributed by atoms with van der Waals surface area (Å²) in [5, 5.41) is 11.4. The van der Waals surface area contributed by atoms with Crippen LogP contribution >= 0.6 is 0 Å². The molecule has 2 aromatic carbocycles. The summed E-state index contributed by atoms with van der Waals surface area (Å²) in [5.41, 5.74) is 4.14. The number of aromatic nitrogens is 2. The normalized spacial score (nSPS) is 11.9. The van der Waals surface area contributed by atoms with Gasteiger partial charge >= 0.3 is 6.03 Å². The van der Waals surface area contributed by atoms with Crippen LogP contribution in [0.25, 0.3) is 11.1 Å². The Hall–Kier alpha value is -3.19. The number of ether oxygens (including phenoxy) is 1. The molecule has 200 valence electrons. The number of nitrogens with one attached hydrogen (secondary N) is 1.